The highest BCUT2D eigenvalue weighted by Crippen LogP contribution is 2.23. The summed E-state index contributed by atoms with van der Waals surface area (Å²) in [6, 6.07) is 7.29. The Morgan fingerprint density at radius 1 is 1.08 bits per heavy atom. The van der Waals surface area contributed by atoms with Gasteiger partial charge in [0.05, 0.1) is 5.56 Å². The molecule has 0 atom stereocenters. The van der Waals surface area contributed by atoms with Crippen molar-refractivity contribution < 1.29 is 9.53 Å². The molecule has 0 unspecified atom stereocenters. The van der Waals surface area contributed by atoms with Gasteiger partial charge in [0.1, 0.15) is 5.75 Å². The molecule has 0 N–H and O–H groups in total. The molecule has 0 bridgehead atoms. The van der Waals surface area contributed by atoms with Gasteiger partial charge in [0.2, 0.25) is 5.78 Å². The zero-order chi connectivity index (χ0) is 6.97. The van der Waals surface area contributed by atoms with Crippen molar-refractivity contribution in [3.63, 3.8) is 0 Å². The lowest BCUT2D eigenvalue weighted by Crippen LogP contribution is -1.98. The molecular formula is C8H9Cl3O2. The van der Waals surface area contributed by atoms with Crippen LogP contribution in [0.4, 0.5) is 0 Å². The van der Waals surface area contributed by atoms with Gasteiger partial charge in [0.15, 0.2) is 6.61 Å². The monoisotopic (exact) mass is 242 g/mol. The van der Waals surface area contributed by atoms with E-state index in [1.165, 1.54) is 0 Å². The third kappa shape index (κ3) is 2.76. The molecule has 5 heteroatoms. The van der Waals surface area contributed by atoms with Crippen molar-refractivity contribution in [1.82, 2.24) is 0 Å². The van der Waals surface area contributed by atoms with Crippen LogP contribution in [0.15, 0.2) is 24.3 Å². The van der Waals surface area contributed by atoms with Gasteiger partial charge in [-0.05, 0) is 12.1 Å². The number of ether oxygens (including phenoxy) is 1. The summed E-state index contributed by atoms with van der Waals surface area (Å²) in [6.45, 7) is 0.208. The number of hydrogen-bond acceptors (Lipinski definition) is 2. The van der Waals surface area contributed by atoms with Crippen LogP contribution in [0.1, 0.15) is 10.4 Å². The molecule has 74 valence electrons. The largest absolute Gasteiger partial charge is 0.485 e. The van der Waals surface area contributed by atoms with E-state index < -0.39 is 0 Å². The lowest BCUT2D eigenvalue weighted by molar-refractivity contribution is 0.0961. The summed E-state index contributed by atoms with van der Waals surface area (Å²) >= 11 is 0. The SMILES string of the molecule is Cl.Cl.Cl.O=C1COc2ccccc21. The van der Waals surface area contributed by atoms with E-state index in [-0.39, 0.29) is 49.6 Å². The average Bonchev–Trinajstić information content (AvgIpc) is 2.34. The molecule has 1 aliphatic heterocycles. The van der Waals surface area contributed by atoms with Gasteiger partial charge in [0.25, 0.3) is 0 Å². The van der Waals surface area contributed by atoms with Gasteiger partial charge in [-0.3, -0.25) is 4.79 Å². The second-order valence-corrected chi connectivity index (χ2v) is 2.21. The minimum atomic E-state index is 0. The fraction of sp³-hybridized carbons (Fsp3) is 0.125. The zero-order valence-corrected chi connectivity index (χ0v) is 9.01. The van der Waals surface area contributed by atoms with Crippen molar-refractivity contribution in [3.8, 4) is 5.75 Å². The van der Waals surface area contributed by atoms with E-state index in [0.717, 1.165) is 0 Å². The standard InChI is InChI=1S/C8H6O2.3ClH/c9-7-5-10-8-4-2-1-3-6(7)8;;;/h1-4H,5H2;3*1H. The van der Waals surface area contributed by atoms with E-state index in [0.29, 0.717) is 11.3 Å². The highest BCUT2D eigenvalue weighted by atomic mass is 35.5. The number of fused-ring (bicyclic) bond motifs is 1. The number of ketones is 1. The summed E-state index contributed by atoms with van der Waals surface area (Å²) in [5.41, 5.74) is 0.711. The number of carbonyl (C=O) groups excluding carboxylic acids is 1. The Labute approximate surface area is 94.9 Å². The summed E-state index contributed by atoms with van der Waals surface area (Å²) in [5.74, 6) is 0.795. The maximum absolute atomic E-state index is 10.9. The second kappa shape index (κ2) is 6.08. The van der Waals surface area contributed by atoms with Gasteiger partial charge in [-0.1, -0.05) is 12.1 Å². The van der Waals surface area contributed by atoms with Gasteiger partial charge < -0.3 is 4.74 Å². The molecule has 0 saturated carbocycles. The van der Waals surface area contributed by atoms with Crippen LogP contribution >= 0.6 is 37.2 Å². The zero-order valence-electron chi connectivity index (χ0n) is 6.56. The molecular weight excluding hydrogens is 234 g/mol. The summed E-state index contributed by atoms with van der Waals surface area (Å²) in [5, 5.41) is 0. The van der Waals surface area contributed by atoms with Crippen molar-refractivity contribution in [2.75, 3.05) is 6.61 Å². The van der Waals surface area contributed by atoms with Crippen LogP contribution in [0, 0.1) is 0 Å². The number of hydrogen-bond donors (Lipinski definition) is 0. The summed E-state index contributed by atoms with van der Waals surface area (Å²) < 4.78 is 5.06. The van der Waals surface area contributed by atoms with Gasteiger partial charge >= 0.3 is 0 Å². The smallest absolute Gasteiger partial charge is 0.203 e. The third-order valence-corrected chi connectivity index (χ3v) is 1.55. The van der Waals surface area contributed by atoms with Crippen molar-refractivity contribution in [2.45, 2.75) is 0 Å². The number of para-hydroxylation sites is 1. The van der Waals surface area contributed by atoms with E-state index >= 15 is 0 Å². The van der Waals surface area contributed by atoms with Crippen LogP contribution in [0.25, 0.3) is 0 Å². The van der Waals surface area contributed by atoms with Gasteiger partial charge in [-0.15, -0.1) is 37.2 Å². The number of rotatable bonds is 0. The van der Waals surface area contributed by atoms with Crippen LogP contribution in [0.2, 0.25) is 0 Å². The molecule has 0 aliphatic carbocycles. The minimum Gasteiger partial charge on any atom is -0.485 e. The third-order valence-electron chi connectivity index (χ3n) is 1.55. The number of benzene rings is 1. The molecule has 0 saturated heterocycles. The first-order chi connectivity index (χ1) is 4.88. The van der Waals surface area contributed by atoms with Crippen LogP contribution in [0.5, 0.6) is 5.75 Å². The van der Waals surface area contributed by atoms with Crippen LogP contribution in [0.3, 0.4) is 0 Å². The molecule has 0 amide bonds. The molecule has 1 aromatic carbocycles. The topological polar surface area (TPSA) is 26.3 Å². The number of carbonyl (C=O) groups is 1. The molecule has 2 rings (SSSR count). The molecule has 1 heterocycles. The van der Waals surface area contributed by atoms with E-state index in [1.54, 1.807) is 12.1 Å². The van der Waals surface area contributed by atoms with Gasteiger partial charge in [-0.2, -0.15) is 0 Å². The lowest BCUT2D eigenvalue weighted by atomic mass is 10.2. The first kappa shape index (κ1) is 15.1. The van der Waals surface area contributed by atoms with Gasteiger partial charge in [-0.25, -0.2) is 0 Å². The van der Waals surface area contributed by atoms with E-state index in [9.17, 15) is 4.79 Å². The number of Topliss-reactive ketones (excluding diaryl/α,β-unsaturated/α-hetero) is 1. The first-order valence-corrected chi connectivity index (χ1v) is 3.13. The average molecular weight is 244 g/mol. The Bertz CT molecular complexity index is 288. The van der Waals surface area contributed by atoms with Crippen LogP contribution in [-0.4, -0.2) is 12.4 Å². The Kier molecular flexibility index (Phi) is 7.04. The molecule has 13 heavy (non-hydrogen) atoms. The van der Waals surface area contributed by atoms with Crippen LogP contribution in [-0.2, 0) is 0 Å². The Hall–Kier alpha value is -0.440. The second-order valence-electron chi connectivity index (χ2n) is 2.21. The molecule has 1 aromatic rings. The molecule has 0 aromatic heterocycles. The minimum absolute atomic E-state index is 0. The predicted octanol–water partition coefficient (Wildman–Crippen LogP) is 2.53. The first-order valence-electron chi connectivity index (χ1n) is 3.13. The number of halogens is 3. The van der Waals surface area contributed by atoms with E-state index in [2.05, 4.69) is 0 Å². The van der Waals surface area contributed by atoms with Crippen LogP contribution < -0.4 is 4.74 Å². The maximum atomic E-state index is 10.9. The predicted molar refractivity (Wildman–Crippen MR) is 58.0 cm³/mol. The molecule has 0 radical (unpaired) electrons. The van der Waals surface area contributed by atoms with Crippen molar-refractivity contribution in [3.05, 3.63) is 29.8 Å². The summed E-state index contributed by atoms with van der Waals surface area (Å²) in [4.78, 5) is 10.9. The van der Waals surface area contributed by atoms with E-state index in [1.807, 2.05) is 12.1 Å². The lowest BCUT2D eigenvalue weighted by Gasteiger charge is -1.92. The highest BCUT2D eigenvalue weighted by Gasteiger charge is 2.18. The summed E-state index contributed by atoms with van der Waals surface area (Å²) in [7, 11) is 0. The van der Waals surface area contributed by atoms with Crippen molar-refractivity contribution in [2.24, 2.45) is 0 Å². The quantitative estimate of drug-likeness (QED) is 0.700. The normalized spacial score (nSPS) is 11.2. The molecule has 1 aliphatic rings. The molecule has 0 fully saturated rings. The molecule has 0 spiro atoms. The Morgan fingerprint density at radius 3 is 2.31 bits per heavy atom. The van der Waals surface area contributed by atoms with Crippen molar-refractivity contribution in [1.29, 1.82) is 0 Å². The Balaban J connectivity index is 0. The fourth-order valence-electron chi connectivity index (χ4n) is 1.04. The fourth-order valence-corrected chi connectivity index (χ4v) is 1.04. The van der Waals surface area contributed by atoms with E-state index in [4.69, 9.17) is 4.74 Å². The highest BCUT2D eigenvalue weighted by molar-refractivity contribution is 6.02. The molecule has 2 nitrogen and oxygen atoms in total. The van der Waals surface area contributed by atoms with Crippen molar-refractivity contribution >= 4 is 43.0 Å². The summed E-state index contributed by atoms with van der Waals surface area (Å²) in [6.07, 6.45) is 0. The van der Waals surface area contributed by atoms with Gasteiger partial charge in [0, 0.05) is 0 Å². The maximum Gasteiger partial charge on any atom is 0.203 e. The Morgan fingerprint density at radius 2 is 1.69 bits per heavy atom.